The van der Waals surface area contributed by atoms with Crippen LogP contribution in [0.5, 0.6) is 5.88 Å². The van der Waals surface area contributed by atoms with Crippen molar-refractivity contribution in [3.63, 3.8) is 0 Å². The van der Waals surface area contributed by atoms with Crippen molar-refractivity contribution in [2.24, 2.45) is 0 Å². The molecular formula is C22H28N4O3S. The lowest BCUT2D eigenvalue weighted by Gasteiger charge is -2.43. The first-order valence-electron chi connectivity index (χ1n) is 10.7. The van der Waals surface area contributed by atoms with Crippen LogP contribution >= 0.6 is 0 Å². The lowest BCUT2D eigenvalue weighted by Crippen LogP contribution is -2.51. The van der Waals surface area contributed by atoms with E-state index in [2.05, 4.69) is 51.4 Å². The highest BCUT2D eigenvalue weighted by molar-refractivity contribution is 7.90. The second-order valence-electron chi connectivity index (χ2n) is 8.74. The maximum absolute atomic E-state index is 12.4. The molecule has 2 atom stereocenters. The summed E-state index contributed by atoms with van der Waals surface area (Å²) < 4.78 is 31.4. The van der Waals surface area contributed by atoms with Gasteiger partial charge in [-0.05, 0) is 50.2 Å². The van der Waals surface area contributed by atoms with Gasteiger partial charge in [0.05, 0.1) is 5.56 Å². The average Bonchev–Trinajstić information content (AvgIpc) is 2.73. The van der Waals surface area contributed by atoms with Gasteiger partial charge in [0, 0.05) is 31.9 Å². The van der Waals surface area contributed by atoms with Gasteiger partial charge >= 0.3 is 0 Å². The molecular weight excluding hydrogens is 400 g/mol. The van der Waals surface area contributed by atoms with Gasteiger partial charge in [0.2, 0.25) is 15.7 Å². The Balaban J connectivity index is 1.63. The molecule has 1 aliphatic carbocycles. The number of nitrogens with zero attached hydrogens (tertiary/aromatic N) is 3. The summed E-state index contributed by atoms with van der Waals surface area (Å²) in [7, 11) is -3.56. The highest BCUT2D eigenvalue weighted by Gasteiger charge is 2.43. The van der Waals surface area contributed by atoms with Crippen LogP contribution in [0.4, 0.5) is 5.82 Å². The highest BCUT2D eigenvalue weighted by atomic mass is 32.2. The van der Waals surface area contributed by atoms with Crippen LogP contribution in [-0.4, -0.2) is 50.3 Å². The molecule has 30 heavy (non-hydrogen) atoms. The van der Waals surface area contributed by atoms with E-state index in [1.807, 2.05) is 0 Å². The van der Waals surface area contributed by atoms with Crippen molar-refractivity contribution >= 4 is 15.7 Å². The molecule has 0 bridgehead atoms. The number of anilines is 1. The lowest BCUT2D eigenvalue weighted by atomic mass is 9.75. The van der Waals surface area contributed by atoms with Gasteiger partial charge in [0.15, 0.2) is 0 Å². The van der Waals surface area contributed by atoms with E-state index in [1.165, 1.54) is 11.1 Å². The standard InChI is InChI=1S/C22H28N4O3S/c1-15-14-23-12-13-26(15)19-17-9-11-22(10-5-7-16-6-3-4-8-18(16)22)29-20(17)25-21(24-19)30(2,27)28/h3-4,6,8,15,23H,5,7,9-14H2,1-2H3/t15-,22?/m0/s1. The van der Waals surface area contributed by atoms with Crippen molar-refractivity contribution in [2.75, 3.05) is 30.8 Å². The lowest BCUT2D eigenvalue weighted by molar-refractivity contribution is 0.0192. The first-order chi connectivity index (χ1) is 14.4. The van der Waals surface area contributed by atoms with Gasteiger partial charge < -0.3 is 15.0 Å². The summed E-state index contributed by atoms with van der Waals surface area (Å²) in [5.41, 5.74) is 3.04. The van der Waals surface area contributed by atoms with E-state index >= 15 is 0 Å². The molecule has 2 aromatic rings. The van der Waals surface area contributed by atoms with Crippen molar-refractivity contribution in [2.45, 2.75) is 55.8 Å². The summed E-state index contributed by atoms with van der Waals surface area (Å²) in [6.45, 7) is 4.59. The van der Waals surface area contributed by atoms with Crippen molar-refractivity contribution in [3.05, 3.63) is 41.0 Å². The number of benzene rings is 1. The molecule has 0 amide bonds. The monoisotopic (exact) mass is 428 g/mol. The second-order valence-corrected chi connectivity index (χ2v) is 10.6. The third kappa shape index (κ3) is 3.26. The molecule has 0 saturated carbocycles. The molecule has 1 fully saturated rings. The Hall–Kier alpha value is -2.19. The molecule has 2 aliphatic heterocycles. The van der Waals surface area contributed by atoms with Gasteiger partial charge in [0.1, 0.15) is 11.4 Å². The number of rotatable bonds is 2. The largest absolute Gasteiger partial charge is 0.466 e. The Morgan fingerprint density at radius 1 is 1.20 bits per heavy atom. The maximum atomic E-state index is 12.4. The first-order valence-corrected chi connectivity index (χ1v) is 12.6. The van der Waals surface area contributed by atoms with Gasteiger partial charge in [-0.25, -0.2) is 13.4 Å². The average molecular weight is 429 g/mol. The Labute approximate surface area is 177 Å². The highest BCUT2D eigenvalue weighted by Crippen LogP contribution is 2.47. The van der Waals surface area contributed by atoms with Crippen LogP contribution in [0.25, 0.3) is 0 Å². The zero-order valence-electron chi connectivity index (χ0n) is 17.5. The number of ether oxygens (including phenoxy) is 1. The van der Waals surface area contributed by atoms with Gasteiger partial charge in [-0.1, -0.05) is 24.3 Å². The Kier molecular flexibility index (Phi) is 4.74. The van der Waals surface area contributed by atoms with E-state index < -0.39 is 15.4 Å². The fraction of sp³-hybridized carbons (Fsp3) is 0.545. The van der Waals surface area contributed by atoms with E-state index in [-0.39, 0.29) is 11.2 Å². The van der Waals surface area contributed by atoms with Crippen LogP contribution in [0.15, 0.2) is 29.4 Å². The molecule has 1 spiro atoms. The van der Waals surface area contributed by atoms with Gasteiger partial charge in [-0.2, -0.15) is 4.98 Å². The Bertz CT molecular complexity index is 1090. The zero-order valence-corrected chi connectivity index (χ0v) is 18.3. The van der Waals surface area contributed by atoms with E-state index in [4.69, 9.17) is 4.74 Å². The minimum Gasteiger partial charge on any atom is -0.466 e. The van der Waals surface area contributed by atoms with Gasteiger partial charge in [0.25, 0.3) is 5.16 Å². The van der Waals surface area contributed by atoms with Crippen molar-refractivity contribution in [1.29, 1.82) is 0 Å². The third-order valence-corrected chi connectivity index (χ3v) is 7.48. The van der Waals surface area contributed by atoms with Crippen LogP contribution in [0.3, 0.4) is 0 Å². The van der Waals surface area contributed by atoms with Crippen LogP contribution in [0, 0.1) is 0 Å². The normalized spacial score (nSPS) is 26.1. The minimum absolute atomic E-state index is 0.150. The van der Waals surface area contributed by atoms with Crippen LogP contribution < -0.4 is 15.0 Å². The summed E-state index contributed by atoms with van der Waals surface area (Å²) in [5, 5.41) is 3.23. The molecule has 1 N–H and O–H groups in total. The minimum atomic E-state index is -3.56. The first kappa shape index (κ1) is 19.8. The SMILES string of the molecule is C[C@H]1CNCCN1c1nc(S(C)(=O)=O)nc2c1CCC1(CCCc3ccccc31)O2. The fourth-order valence-corrected chi connectivity index (χ4v) is 5.61. The molecule has 1 unspecified atom stereocenters. The number of aryl methyl sites for hydroxylation is 1. The number of nitrogens with one attached hydrogen (secondary N) is 1. The predicted octanol–water partition coefficient (Wildman–Crippen LogP) is 2.23. The smallest absolute Gasteiger partial charge is 0.252 e. The van der Waals surface area contributed by atoms with Crippen molar-refractivity contribution in [3.8, 4) is 5.88 Å². The summed E-state index contributed by atoms with van der Waals surface area (Å²) in [4.78, 5) is 11.1. The van der Waals surface area contributed by atoms with Crippen LogP contribution in [-0.2, 0) is 28.3 Å². The van der Waals surface area contributed by atoms with E-state index in [0.717, 1.165) is 63.6 Å². The van der Waals surface area contributed by atoms with Crippen LogP contribution in [0.1, 0.15) is 42.9 Å². The Morgan fingerprint density at radius 2 is 2.03 bits per heavy atom. The molecule has 7 nitrogen and oxygen atoms in total. The Morgan fingerprint density at radius 3 is 2.83 bits per heavy atom. The summed E-state index contributed by atoms with van der Waals surface area (Å²) in [6, 6.07) is 8.67. The number of hydrogen-bond acceptors (Lipinski definition) is 7. The van der Waals surface area contributed by atoms with Crippen molar-refractivity contribution < 1.29 is 13.2 Å². The number of aromatic nitrogens is 2. The number of sulfone groups is 1. The van der Waals surface area contributed by atoms with E-state index in [9.17, 15) is 8.42 Å². The van der Waals surface area contributed by atoms with E-state index in [0.29, 0.717) is 11.7 Å². The van der Waals surface area contributed by atoms with E-state index in [1.54, 1.807) is 0 Å². The molecule has 1 aromatic heterocycles. The van der Waals surface area contributed by atoms with Crippen molar-refractivity contribution in [1.82, 2.24) is 15.3 Å². The predicted molar refractivity (Wildman–Crippen MR) is 115 cm³/mol. The molecule has 3 aliphatic rings. The third-order valence-electron chi connectivity index (χ3n) is 6.64. The molecule has 5 rings (SSSR count). The second kappa shape index (κ2) is 7.20. The topological polar surface area (TPSA) is 84.4 Å². The fourth-order valence-electron chi connectivity index (χ4n) is 5.11. The zero-order chi connectivity index (χ0) is 20.9. The summed E-state index contributed by atoms with van der Waals surface area (Å²) >= 11 is 0. The van der Waals surface area contributed by atoms with Gasteiger partial charge in [-0.15, -0.1) is 0 Å². The summed E-state index contributed by atoms with van der Waals surface area (Å²) in [5.74, 6) is 1.16. The number of hydrogen-bond donors (Lipinski definition) is 1. The molecule has 1 saturated heterocycles. The molecule has 160 valence electrons. The molecule has 1 aromatic carbocycles. The quantitative estimate of drug-likeness (QED) is 0.735. The van der Waals surface area contributed by atoms with Crippen LogP contribution in [0.2, 0.25) is 0 Å². The number of fused-ring (bicyclic) bond motifs is 3. The molecule has 0 radical (unpaired) electrons. The maximum Gasteiger partial charge on any atom is 0.252 e. The van der Waals surface area contributed by atoms with Gasteiger partial charge in [-0.3, -0.25) is 0 Å². The molecule has 3 heterocycles. The number of piperazine rings is 1. The summed E-state index contributed by atoms with van der Waals surface area (Å²) in [6.07, 6.45) is 5.81. The molecule has 8 heteroatoms.